The summed E-state index contributed by atoms with van der Waals surface area (Å²) in [5, 5.41) is 2.69. The summed E-state index contributed by atoms with van der Waals surface area (Å²) in [6.07, 6.45) is 0. The van der Waals surface area contributed by atoms with E-state index in [1.807, 2.05) is 55.5 Å². The smallest absolute Gasteiger partial charge is 0.308 e. The Kier molecular flexibility index (Phi) is 7.73. The molecule has 1 fully saturated rings. The predicted molar refractivity (Wildman–Crippen MR) is 175 cm³/mol. The molecular weight excluding hydrogens is 646 g/mol. The second-order valence-electron chi connectivity index (χ2n) is 11.9. The Morgan fingerprint density at radius 3 is 2.19 bits per heavy atom. The summed E-state index contributed by atoms with van der Waals surface area (Å²) in [4.78, 5) is 56.2. The van der Waals surface area contributed by atoms with E-state index >= 15 is 0 Å². The average molecular weight is 677 g/mol. The van der Waals surface area contributed by atoms with Gasteiger partial charge >= 0.3 is 4.87 Å². The van der Waals surface area contributed by atoms with E-state index < -0.39 is 17.1 Å². The van der Waals surface area contributed by atoms with E-state index in [1.54, 1.807) is 24.3 Å². The van der Waals surface area contributed by atoms with Gasteiger partial charge in [-0.3, -0.25) is 23.7 Å². The molecule has 3 atom stereocenters. The minimum absolute atomic E-state index is 0.0644. The number of halogens is 1. The molecule has 0 bridgehead atoms. The molecule has 1 aromatic heterocycles. The number of fused-ring (bicyclic) bond motifs is 2. The minimum atomic E-state index is -0.739. The molecule has 6 rings (SSSR count). The van der Waals surface area contributed by atoms with Crippen LogP contribution in [-0.2, 0) is 26.3 Å². The highest BCUT2D eigenvalue weighted by atomic mass is 79.9. The number of thioether (sulfide) groups is 1. The molecule has 0 spiro atoms. The number of thiazole rings is 1. The van der Waals surface area contributed by atoms with Gasteiger partial charge in [-0.25, -0.2) is 4.90 Å². The molecular formula is C33H30BrN3O4S2. The fourth-order valence-corrected chi connectivity index (χ4v) is 8.67. The van der Waals surface area contributed by atoms with E-state index in [9.17, 15) is 19.2 Å². The monoisotopic (exact) mass is 675 g/mol. The molecule has 0 radical (unpaired) electrons. The van der Waals surface area contributed by atoms with E-state index in [0.717, 1.165) is 32.5 Å². The first-order valence-corrected chi connectivity index (χ1v) is 16.4. The molecule has 7 nitrogen and oxygen atoms in total. The van der Waals surface area contributed by atoms with Crippen molar-refractivity contribution in [3.8, 4) is 0 Å². The number of benzene rings is 3. The van der Waals surface area contributed by atoms with Crippen LogP contribution in [0.25, 0.3) is 0 Å². The van der Waals surface area contributed by atoms with Crippen LogP contribution in [-0.4, -0.2) is 27.5 Å². The third-order valence-electron chi connectivity index (χ3n) is 7.91. The maximum atomic E-state index is 14.1. The normalized spacial score (nSPS) is 19.7. The Hall–Kier alpha value is -3.47. The van der Waals surface area contributed by atoms with Crippen molar-refractivity contribution in [2.45, 2.75) is 55.8 Å². The Morgan fingerprint density at radius 2 is 1.56 bits per heavy atom. The number of anilines is 2. The fourth-order valence-electron chi connectivity index (χ4n) is 5.63. The number of aromatic nitrogens is 1. The number of carbonyl (C=O) groups is 3. The summed E-state index contributed by atoms with van der Waals surface area (Å²) < 4.78 is 2.29. The number of carbonyl (C=O) groups excluding carboxylic acids is 3. The van der Waals surface area contributed by atoms with E-state index in [2.05, 4.69) is 42.0 Å². The van der Waals surface area contributed by atoms with Crippen LogP contribution in [0.1, 0.15) is 48.3 Å². The Balaban J connectivity index is 1.41. The first kappa shape index (κ1) is 29.6. The van der Waals surface area contributed by atoms with Crippen molar-refractivity contribution in [3.05, 3.63) is 109 Å². The highest BCUT2D eigenvalue weighted by Crippen LogP contribution is 2.54. The first-order valence-electron chi connectivity index (χ1n) is 13.9. The Morgan fingerprint density at radius 1 is 0.907 bits per heavy atom. The van der Waals surface area contributed by atoms with E-state index in [4.69, 9.17) is 0 Å². The van der Waals surface area contributed by atoms with Crippen LogP contribution in [0.2, 0.25) is 0 Å². The summed E-state index contributed by atoms with van der Waals surface area (Å²) in [5.74, 6) is -2.15. The quantitative estimate of drug-likeness (QED) is 0.238. The minimum Gasteiger partial charge on any atom is -0.325 e. The van der Waals surface area contributed by atoms with Gasteiger partial charge in [0, 0.05) is 21.0 Å². The predicted octanol–water partition coefficient (Wildman–Crippen LogP) is 6.71. The van der Waals surface area contributed by atoms with Crippen molar-refractivity contribution >= 4 is 68.1 Å². The molecule has 2 unspecified atom stereocenters. The van der Waals surface area contributed by atoms with Crippen molar-refractivity contribution in [1.82, 2.24) is 4.57 Å². The molecule has 10 heteroatoms. The van der Waals surface area contributed by atoms with Crippen LogP contribution in [0.5, 0.6) is 0 Å². The van der Waals surface area contributed by atoms with E-state index in [-0.39, 0.29) is 34.6 Å². The summed E-state index contributed by atoms with van der Waals surface area (Å²) >= 11 is 5.69. The van der Waals surface area contributed by atoms with Crippen molar-refractivity contribution in [1.29, 1.82) is 0 Å². The van der Waals surface area contributed by atoms with Gasteiger partial charge in [-0.1, -0.05) is 102 Å². The van der Waals surface area contributed by atoms with Gasteiger partial charge in [-0.05, 0) is 59.9 Å². The second kappa shape index (κ2) is 11.2. The summed E-state index contributed by atoms with van der Waals surface area (Å²) in [6, 6.07) is 22.6. The summed E-state index contributed by atoms with van der Waals surface area (Å²) in [5.41, 5.74) is 4.15. The SMILES string of the molecule is Cc1ccc(NC(=O)Cn2c3c(sc2=O)[C@H](c2ccc(C(C)(C)C)cc2)C2C(=O)N(c4ccc(Br)cc4)C(=O)C2S3)cc1. The highest BCUT2D eigenvalue weighted by molar-refractivity contribution is 9.10. The van der Waals surface area contributed by atoms with Gasteiger partial charge in [-0.2, -0.15) is 0 Å². The lowest BCUT2D eigenvalue weighted by molar-refractivity contribution is -0.122. The average Bonchev–Trinajstić information content (AvgIpc) is 3.40. The van der Waals surface area contributed by atoms with E-state index in [0.29, 0.717) is 21.3 Å². The van der Waals surface area contributed by atoms with Crippen molar-refractivity contribution in [2.75, 3.05) is 10.2 Å². The third kappa shape index (κ3) is 5.52. The Bertz CT molecular complexity index is 1790. The lowest BCUT2D eigenvalue weighted by Crippen LogP contribution is -2.33. The standard InChI is InChI=1S/C33H30BrN3O4S2/c1-18-5-13-22(14-6-18)35-24(38)17-36-31-28(43-32(36)41)25(19-7-9-20(10-8-19)33(2,3)4)26-27(42-31)30(40)37(29(26)39)23-15-11-21(34)12-16-23/h5-16,25-27H,17H2,1-4H3,(H,35,38)/t25-,26?,27?/m1/s1. The molecule has 0 saturated carbocycles. The van der Waals surface area contributed by atoms with Gasteiger partial charge in [0.25, 0.3) is 0 Å². The zero-order chi connectivity index (χ0) is 30.6. The molecule has 2 aliphatic rings. The van der Waals surface area contributed by atoms with Crippen molar-refractivity contribution < 1.29 is 14.4 Å². The van der Waals surface area contributed by atoms with Crippen LogP contribution >= 0.6 is 39.0 Å². The summed E-state index contributed by atoms with van der Waals surface area (Å²) in [6.45, 7) is 8.17. The molecule has 3 heterocycles. The van der Waals surface area contributed by atoms with Gasteiger partial charge in [0.15, 0.2) is 0 Å². The first-order chi connectivity index (χ1) is 20.4. The van der Waals surface area contributed by atoms with Crippen molar-refractivity contribution in [2.24, 2.45) is 5.92 Å². The number of imide groups is 1. The highest BCUT2D eigenvalue weighted by Gasteiger charge is 2.56. The zero-order valence-electron chi connectivity index (χ0n) is 24.1. The third-order valence-corrected chi connectivity index (χ3v) is 11.0. The van der Waals surface area contributed by atoms with Gasteiger partial charge in [-0.15, -0.1) is 0 Å². The second-order valence-corrected chi connectivity index (χ2v) is 15.0. The van der Waals surface area contributed by atoms with Crippen LogP contribution in [0, 0.1) is 12.8 Å². The number of aryl methyl sites for hydroxylation is 1. The number of hydrogen-bond acceptors (Lipinski definition) is 6. The Labute approximate surface area is 266 Å². The van der Waals surface area contributed by atoms with Crippen LogP contribution in [0.15, 0.2) is 87.1 Å². The molecule has 1 saturated heterocycles. The number of hydrogen-bond donors (Lipinski definition) is 1. The number of amides is 3. The number of nitrogens with one attached hydrogen (secondary N) is 1. The molecule has 1 N–H and O–H groups in total. The van der Waals surface area contributed by atoms with Crippen LogP contribution in [0.4, 0.5) is 11.4 Å². The van der Waals surface area contributed by atoms with Gasteiger partial charge in [0.1, 0.15) is 11.8 Å². The zero-order valence-corrected chi connectivity index (χ0v) is 27.3. The lowest BCUT2D eigenvalue weighted by atomic mass is 9.81. The van der Waals surface area contributed by atoms with Gasteiger partial charge < -0.3 is 5.32 Å². The van der Waals surface area contributed by atoms with Crippen molar-refractivity contribution in [3.63, 3.8) is 0 Å². The fraction of sp³-hybridized carbons (Fsp3) is 0.273. The molecule has 2 aliphatic heterocycles. The van der Waals surface area contributed by atoms with Crippen LogP contribution < -0.4 is 15.1 Å². The largest absolute Gasteiger partial charge is 0.325 e. The topological polar surface area (TPSA) is 88.5 Å². The molecule has 3 amide bonds. The molecule has 43 heavy (non-hydrogen) atoms. The summed E-state index contributed by atoms with van der Waals surface area (Å²) in [7, 11) is 0. The molecule has 4 aromatic rings. The molecule has 220 valence electrons. The van der Waals surface area contributed by atoms with E-state index in [1.165, 1.54) is 21.2 Å². The maximum absolute atomic E-state index is 14.1. The maximum Gasteiger partial charge on any atom is 0.308 e. The van der Waals surface area contributed by atoms with Gasteiger partial charge in [0.2, 0.25) is 17.7 Å². The van der Waals surface area contributed by atoms with Crippen LogP contribution in [0.3, 0.4) is 0 Å². The number of rotatable bonds is 5. The lowest BCUT2D eigenvalue weighted by Gasteiger charge is -2.31. The number of nitrogens with zero attached hydrogens (tertiary/aromatic N) is 2. The molecule has 3 aromatic carbocycles. The van der Waals surface area contributed by atoms with Gasteiger partial charge in [0.05, 0.1) is 16.6 Å². The molecule has 0 aliphatic carbocycles.